The number of esters is 1. The van der Waals surface area contributed by atoms with E-state index in [0.29, 0.717) is 0 Å². The van der Waals surface area contributed by atoms with Crippen molar-refractivity contribution in [2.45, 2.75) is 43.9 Å². The van der Waals surface area contributed by atoms with Crippen LogP contribution < -0.4 is 0 Å². The van der Waals surface area contributed by atoms with E-state index in [4.69, 9.17) is 0 Å². The first-order valence-corrected chi connectivity index (χ1v) is 8.89. The fraction of sp³-hybridized carbons (Fsp3) is 0.727. The molecule has 0 radical (unpaired) electrons. The van der Waals surface area contributed by atoms with Crippen LogP contribution in [-0.4, -0.2) is 32.7 Å². The van der Waals surface area contributed by atoms with E-state index >= 15 is 0 Å². The van der Waals surface area contributed by atoms with Crippen LogP contribution in [0, 0.1) is 0 Å². The van der Waals surface area contributed by atoms with E-state index in [1.54, 1.807) is 0 Å². The van der Waals surface area contributed by atoms with Crippen molar-refractivity contribution in [3.8, 4) is 0 Å². The van der Waals surface area contributed by atoms with E-state index in [1.807, 2.05) is 19.6 Å². The largest absolute Gasteiger partial charge is 0.469 e. The molecular weight excluding hydrogens is 224 g/mol. The lowest BCUT2D eigenvalue weighted by Gasteiger charge is -2.36. The summed E-state index contributed by atoms with van der Waals surface area (Å²) >= 11 is 0. The molecule has 0 atom stereocenters. The Labute approximate surface area is 96.4 Å². The number of hydrogen-bond donors (Lipinski definition) is 0. The summed E-state index contributed by atoms with van der Waals surface area (Å²) in [5.41, 5.74) is 0. The number of ketones is 2. The summed E-state index contributed by atoms with van der Waals surface area (Å²) in [6.45, 7) is 5.87. The quantitative estimate of drug-likeness (QED) is 0.428. The molecule has 0 aromatic carbocycles. The molecule has 1 rings (SSSR count). The second-order valence-corrected chi connectivity index (χ2v) is 10.6. The number of carbonyl (C=O) groups excluding carboxylic acids is 3. The Morgan fingerprint density at radius 1 is 1.25 bits per heavy atom. The number of rotatable bonds is 3. The standard InChI is InChI=1S/C11H18O4Si/c1-15-10(14)7-11(16(2,3)4)8(12)5-6-9(11)13/h5-7H2,1-4H3. The molecule has 0 aliphatic heterocycles. The van der Waals surface area contributed by atoms with Gasteiger partial charge in [0, 0.05) is 12.8 Å². The lowest BCUT2D eigenvalue weighted by molar-refractivity contribution is -0.144. The van der Waals surface area contributed by atoms with Crippen molar-refractivity contribution >= 4 is 25.6 Å². The third-order valence-electron chi connectivity index (χ3n) is 3.45. The van der Waals surface area contributed by atoms with Gasteiger partial charge in [-0.25, -0.2) is 0 Å². The zero-order valence-electron chi connectivity index (χ0n) is 10.3. The van der Waals surface area contributed by atoms with Crippen LogP contribution in [0.25, 0.3) is 0 Å². The maximum Gasteiger partial charge on any atom is 0.306 e. The van der Waals surface area contributed by atoms with Crippen LogP contribution in [0.2, 0.25) is 24.7 Å². The number of Topliss-reactive ketones (excluding diaryl/α,β-unsaturated/α-hetero) is 2. The van der Waals surface area contributed by atoms with Crippen molar-refractivity contribution in [3.05, 3.63) is 0 Å². The van der Waals surface area contributed by atoms with E-state index in [-0.39, 0.29) is 30.8 Å². The van der Waals surface area contributed by atoms with Gasteiger partial charge in [-0.2, -0.15) is 0 Å². The molecule has 0 heterocycles. The van der Waals surface area contributed by atoms with Gasteiger partial charge in [-0.3, -0.25) is 14.4 Å². The maximum absolute atomic E-state index is 12.0. The zero-order chi connectivity index (χ0) is 12.6. The van der Waals surface area contributed by atoms with Crippen LogP contribution in [0.3, 0.4) is 0 Å². The van der Waals surface area contributed by atoms with E-state index in [2.05, 4.69) is 4.74 Å². The summed E-state index contributed by atoms with van der Waals surface area (Å²) in [5, 5.41) is -1.04. The van der Waals surface area contributed by atoms with Crippen LogP contribution in [0.5, 0.6) is 0 Å². The fourth-order valence-electron chi connectivity index (χ4n) is 2.40. The van der Waals surface area contributed by atoms with Gasteiger partial charge in [0.2, 0.25) is 0 Å². The molecule has 4 nitrogen and oxygen atoms in total. The number of carbonyl (C=O) groups is 3. The first-order valence-electron chi connectivity index (χ1n) is 5.39. The number of ether oxygens (including phenoxy) is 1. The van der Waals surface area contributed by atoms with Crippen molar-refractivity contribution in [1.29, 1.82) is 0 Å². The molecule has 90 valence electrons. The molecule has 16 heavy (non-hydrogen) atoms. The summed E-state index contributed by atoms with van der Waals surface area (Å²) in [4.78, 5) is 35.4. The first-order chi connectivity index (χ1) is 7.25. The molecule has 0 saturated heterocycles. The van der Waals surface area contributed by atoms with E-state index in [1.165, 1.54) is 7.11 Å². The highest BCUT2D eigenvalue weighted by atomic mass is 28.3. The Morgan fingerprint density at radius 3 is 2.00 bits per heavy atom. The van der Waals surface area contributed by atoms with Gasteiger partial charge < -0.3 is 4.74 Å². The fourth-order valence-corrected chi connectivity index (χ4v) is 4.99. The SMILES string of the molecule is COC(=O)CC1([Si](C)(C)C)C(=O)CCC1=O. The molecule has 0 amide bonds. The minimum atomic E-state index is -2.08. The molecule has 0 bridgehead atoms. The molecular formula is C11H18O4Si. The Balaban J connectivity index is 3.17. The van der Waals surface area contributed by atoms with Gasteiger partial charge in [0.15, 0.2) is 0 Å². The van der Waals surface area contributed by atoms with Crippen LogP contribution in [-0.2, 0) is 19.1 Å². The highest BCUT2D eigenvalue weighted by Gasteiger charge is 2.58. The molecule has 1 fully saturated rings. The van der Waals surface area contributed by atoms with E-state index < -0.39 is 19.1 Å². The highest BCUT2D eigenvalue weighted by Crippen LogP contribution is 2.49. The predicted octanol–water partition coefficient (Wildman–Crippen LogP) is 1.56. The van der Waals surface area contributed by atoms with E-state index in [0.717, 1.165) is 0 Å². The lowest BCUT2D eigenvalue weighted by Crippen LogP contribution is -2.48. The highest BCUT2D eigenvalue weighted by molar-refractivity contribution is 6.87. The van der Waals surface area contributed by atoms with Crippen LogP contribution in [0.1, 0.15) is 19.3 Å². The van der Waals surface area contributed by atoms with E-state index in [9.17, 15) is 14.4 Å². The molecule has 0 spiro atoms. The molecule has 1 saturated carbocycles. The minimum absolute atomic E-state index is 0.0675. The maximum atomic E-state index is 12.0. The first kappa shape index (κ1) is 13.1. The topological polar surface area (TPSA) is 60.4 Å². The minimum Gasteiger partial charge on any atom is -0.469 e. The van der Waals surface area contributed by atoms with Gasteiger partial charge in [-0.1, -0.05) is 19.6 Å². The van der Waals surface area contributed by atoms with Gasteiger partial charge >= 0.3 is 5.97 Å². The summed E-state index contributed by atoms with van der Waals surface area (Å²) < 4.78 is 4.61. The summed E-state index contributed by atoms with van der Waals surface area (Å²) in [6, 6.07) is 0. The zero-order valence-corrected chi connectivity index (χ0v) is 11.3. The normalized spacial score (nSPS) is 20.0. The van der Waals surface area contributed by atoms with Crippen molar-refractivity contribution < 1.29 is 19.1 Å². The molecule has 5 heteroatoms. The Hall–Kier alpha value is -0.973. The second kappa shape index (κ2) is 4.12. The lowest BCUT2D eigenvalue weighted by atomic mass is 10.0. The second-order valence-electron chi connectivity index (χ2n) is 5.25. The average molecular weight is 242 g/mol. The van der Waals surface area contributed by atoms with Gasteiger partial charge in [-0.15, -0.1) is 0 Å². The molecule has 1 aliphatic rings. The summed E-state index contributed by atoms with van der Waals surface area (Å²) in [7, 11) is -0.798. The third-order valence-corrected chi connectivity index (χ3v) is 6.74. The van der Waals surface area contributed by atoms with Crippen molar-refractivity contribution in [3.63, 3.8) is 0 Å². The van der Waals surface area contributed by atoms with Gasteiger partial charge in [0.25, 0.3) is 0 Å². The van der Waals surface area contributed by atoms with Crippen molar-refractivity contribution in [1.82, 2.24) is 0 Å². The molecule has 1 aliphatic carbocycles. The molecule has 0 unspecified atom stereocenters. The Bertz CT molecular complexity index is 324. The monoisotopic (exact) mass is 242 g/mol. The van der Waals surface area contributed by atoms with Crippen molar-refractivity contribution in [2.24, 2.45) is 0 Å². The smallest absolute Gasteiger partial charge is 0.306 e. The Morgan fingerprint density at radius 2 is 1.69 bits per heavy atom. The summed E-state index contributed by atoms with van der Waals surface area (Å²) in [5.74, 6) is -0.602. The van der Waals surface area contributed by atoms with Gasteiger partial charge in [0.05, 0.1) is 26.6 Å². The van der Waals surface area contributed by atoms with Crippen molar-refractivity contribution in [2.75, 3.05) is 7.11 Å². The molecule has 0 aromatic heterocycles. The predicted molar refractivity (Wildman–Crippen MR) is 61.9 cm³/mol. The number of hydrogen-bond acceptors (Lipinski definition) is 4. The van der Waals surface area contributed by atoms with Gasteiger partial charge in [-0.05, 0) is 0 Å². The Kier molecular flexibility index (Phi) is 3.37. The summed E-state index contributed by atoms with van der Waals surface area (Å²) in [6.07, 6.45) is 0.483. The van der Waals surface area contributed by atoms with Gasteiger partial charge in [0.1, 0.15) is 11.6 Å². The molecule has 0 aromatic rings. The average Bonchev–Trinajstić information content (AvgIpc) is 2.45. The van der Waals surface area contributed by atoms with Crippen LogP contribution >= 0.6 is 0 Å². The molecule has 0 N–H and O–H groups in total. The van der Waals surface area contributed by atoms with Crippen LogP contribution in [0.15, 0.2) is 0 Å². The number of methoxy groups -OCH3 is 1. The third kappa shape index (κ3) is 1.84. The van der Waals surface area contributed by atoms with Crippen LogP contribution in [0.4, 0.5) is 0 Å².